The van der Waals surface area contributed by atoms with Crippen LogP contribution in [-0.4, -0.2) is 60.9 Å². The van der Waals surface area contributed by atoms with Crippen molar-refractivity contribution < 1.29 is 23.6 Å². The number of hydrogen-bond acceptors (Lipinski definition) is 8. The number of imide groups is 2. The summed E-state index contributed by atoms with van der Waals surface area (Å²) >= 11 is 0. The van der Waals surface area contributed by atoms with Crippen molar-refractivity contribution in [1.29, 1.82) is 0 Å². The number of aromatic nitrogens is 4. The number of hydrogen-bond donors (Lipinski definition) is 2. The van der Waals surface area contributed by atoms with Gasteiger partial charge in [-0.3, -0.25) is 39.1 Å². The molecule has 7 rings (SSSR count). The van der Waals surface area contributed by atoms with Gasteiger partial charge in [-0.1, -0.05) is 0 Å². The van der Waals surface area contributed by atoms with Gasteiger partial charge in [-0.05, 0) is 68.4 Å². The lowest BCUT2D eigenvalue weighted by Crippen LogP contribution is -2.54. The van der Waals surface area contributed by atoms with Crippen molar-refractivity contribution in [3.05, 3.63) is 71.9 Å². The Balaban J connectivity index is 0.891. The largest absolute Gasteiger partial charge is 0.385 e. The predicted molar refractivity (Wildman–Crippen MR) is 153 cm³/mol. The minimum atomic E-state index is -0.973. The van der Waals surface area contributed by atoms with Crippen LogP contribution in [0.1, 0.15) is 65.3 Å². The van der Waals surface area contributed by atoms with Crippen LogP contribution in [0.2, 0.25) is 0 Å². The SMILES string of the molecule is O=C1CCC(N2C(=O)c3ccc(NCCCC4CC(n5cc(-c6cnc7ccc(F)cc7n6)cn5)C4)cc3C2=O)C(=O)N1. The molecule has 4 amide bonds. The summed E-state index contributed by atoms with van der Waals surface area (Å²) in [5.74, 6) is -1.80. The highest BCUT2D eigenvalue weighted by molar-refractivity contribution is 6.23. The molecule has 2 aliphatic heterocycles. The van der Waals surface area contributed by atoms with Gasteiger partial charge in [0.05, 0.1) is 46.3 Å². The first-order valence-corrected chi connectivity index (χ1v) is 14.4. The third-order valence-electron chi connectivity index (χ3n) is 8.54. The molecule has 12 heteroatoms. The van der Waals surface area contributed by atoms with Gasteiger partial charge in [0.1, 0.15) is 11.9 Å². The maximum absolute atomic E-state index is 13.6. The number of carbonyl (C=O) groups is 4. The van der Waals surface area contributed by atoms with Crippen molar-refractivity contribution in [3.63, 3.8) is 0 Å². The normalized spacial score (nSPS) is 21.6. The fraction of sp³-hybridized carbons (Fsp3) is 0.323. The number of nitrogens with zero attached hydrogens (tertiary/aromatic N) is 5. The van der Waals surface area contributed by atoms with Gasteiger partial charge >= 0.3 is 0 Å². The third-order valence-corrected chi connectivity index (χ3v) is 8.54. The highest BCUT2D eigenvalue weighted by Crippen LogP contribution is 2.40. The average Bonchev–Trinajstić information content (AvgIpc) is 3.55. The summed E-state index contributed by atoms with van der Waals surface area (Å²) in [5, 5.41) is 10.1. The second-order valence-corrected chi connectivity index (χ2v) is 11.4. The van der Waals surface area contributed by atoms with Crippen LogP contribution in [0.25, 0.3) is 22.3 Å². The first-order chi connectivity index (χ1) is 20.8. The fourth-order valence-electron chi connectivity index (χ4n) is 6.15. The van der Waals surface area contributed by atoms with Gasteiger partial charge in [0, 0.05) is 36.5 Å². The molecule has 0 bridgehead atoms. The van der Waals surface area contributed by atoms with Crippen molar-refractivity contribution in [1.82, 2.24) is 30.0 Å². The van der Waals surface area contributed by atoms with E-state index in [1.54, 1.807) is 36.7 Å². The third kappa shape index (κ3) is 5.02. The number of carbonyl (C=O) groups excluding carboxylic acids is 4. The summed E-state index contributed by atoms with van der Waals surface area (Å²) in [5.41, 5.74) is 3.93. The molecule has 218 valence electrons. The van der Waals surface area contributed by atoms with Crippen LogP contribution in [-0.2, 0) is 9.59 Å². The Kier molecular flexibility index (Phi) is 6.68. The number of piperidine rings is 1. The van der Waals surface area contributed by atoms with Crippen LogP contribution < -0.4 is 10.6 Å². The lowest BCUT2D eigenvalue weighted by Gasteiger charge is -2.35. The van der Waals surface area contributed by atoms with Gasteiger partial charge in [-0.2, -0.15) is 5.10 Å². The molecule has 0 spiro atoms. The standard InChI is InChI=1S/C31H28FN7O4/c32-19-3-6-24-25(12-19)36-26(15-34-24)18-14-35-38(16-18)21-10-17(11-21)2-1-9-33-20-4-5-22-23(13-20)31(43)39(30(22)42)27-7-8-28(40)37-29(27)41/h3-6,12-17,21,27,33H,1-2,7-11H2,(H,37,40,41). The van der Waals surface area contributed by atoms with E-state index >= 15 is 0 Å². The van der Waals surface area contributed by atoms with Crippen LogP contribution in [0, 0.1) is 11.7 Å². The Morgan fingerprint density at radius 3 is 2.65 bits per heavy atom. The molecule has 1 saturated heterocycles. The Morgan fingerprint density at radius 1 is 0.977 bits per heavy atom. The van der Waals surface area contributed by atoms with Gasteiger partial charge in [0.2, 0.25) is 11.8 Å². The minimum Gasteiger partial charge on any atom is -0.385 e. The number of amides is 4. The zero-order valence-corrected chi connectivity index (χ0v) is 23.1. The van der Waals surface area contributed by atoms with E-state index in [1.165, 1.54) is 12.1 Å². The number of nitrogens with one attached hydrogen (secondary N) is 2. The molecule has 1 aliphatic carbocycles. The molecule has 2 fully saturated rings. The topological polar surface area (TPSA) is 139 Å². The van der Waals surface area contributed by atoms with Crippen LogP contribution in [0.5, 0.6) is 0 Å². The molecule has 1 atom stereocenters. The first kappa shape index (κ1) is 26.9. The maximum Gasteiger partial charge on any atom is 0.262 e. The van der Waals surface area contributed by atoms with Crippen molar-refractivity contribution in [3.8, 4) is 11.3 Å². The van der Waals surface area contributed by atoms with E-state index in [9.17, 15) is 23.6 Å². The van der Waals surface area contributed by atoms with Gasteiger partial charge < -0.3 is 5.32 Å². The molecule has 43 heavy (non-hydrogen) atoms. The van der Waals surface area contributed by atoms with Crippen molar-refractivity contribution in [2.24, 2.45) is 5.92 Å². The van der Waals surface area contributed by atoms with E-state index in [1.807, 2.05) is 10.9 Å². The summed E-state index contributed by atoms with van der Waals surface area (Å²) in [7, 11) is 0. The molecule has 0 radical (unpaired) electrons. The summed E-state index contributed by atoms with van der Waals surface area (Å²) in [6.07, 6.45) is 9.69. The molecule has 2 aromatic carbocycles. The summed E-state index contributed by atoms with van der Waals surface area (Å²) in [6.45, 7) is 0.714. The van der Waals surface area contributed by atoms with Gasteiger partial charge in [0.25, 0.3) is 11.8 Å². The van der Waals surface area contributed by atoms with Crippen molar-refractivity contribution >= 4 is 40.3 Å². The number of fused-ring (bicyclic) bond motifs is 2. The van der Waals surface area contributed by atoms with E-state index < -0.39 is 29.7 Å². The molecule has 4 heterocycles. The quantitative estimate of drug-likeness (QED) is 0.236. The summed E-state index contributed by atoms with van der Waals surface area (Å²) in [4.78, 5) is 59.5. The first-order valence-electron chi connectivity index (χ1n) is 14.4. The lowest BCUT2D eigenvalue weighted by atomic mass is 9.77. The molecular weight excluding hydrogens is 553 g/mol. The summed E-state index contributed by atoms with van der Waals surface area (Å²) in [6, 6.07) is 8.75. The molecule has 3 aliphatic rings. The Hall–Kier alpha value is -5.00. The van der Waals surface area contributed by atoms with Crippen molar-refractivity contribution in [2.75, 3.05) is 11.9 Å². The monoisotopic (exact) mass is 581 g/mol. The van der Waals surface area contributed by atoms with Gasteiger partial charge in [0.15, 0.2) is 0 Å². The zero-order valence-electron chi connectivity index (χ0n) is 23.1. The van der Waals surface area contributed by atoms with E-state index in [2.05, 4.69) is 25.7 Å². The second-order valence-electron chi connectivity index (χ2n) is 11.4. The van der Waals surface area contributed by atoms with E-state index in [0.29, 0.717) is 35.2 Å². The maximum atomic E-state index is 13.6. The fourth-order valence-corrected chi connectivity index (χ4v) is 6.15. The molecule has 4 aromatic rings. The van der Waals surface area contributed by atoms with Crippen LogP contribution in [0.3, 0.4) is 0 Å². The van der Waals surface area contributed by atoms with E-state index in [0.717, 1.165) is 41.8 Å². The molecule has 2 N–H and O–H groups in total. The molecule has 11 nitrogen and oxygen atoms in total. The van der Waals surface area contributed by atoms with Crippen LogP contribution in [0.4, 0.5) is 10.1 Å². The smallest absolute Gasteiger partial charge is 0.262 e. The zero-order chi connectivity index (χ0) is 29.7. The Morgan fingerprint density at radius 2 is 1.81 bits per heavy atom. The highest BCUT2D eigenvalue weighted by Gasteiger charge is 2.44. The molecule has 2 aromatic heterocycles. The molecule has 1 saturated carbocycles. The molecule has 1 unspecified atom stereocenters. The predicted octanol–water partition coefficient (Wildman–Crippen LogP) is 3.88. The number of benzene rings is 2. The van der Waals surface area contributed by atoms with Crippen molar-refractivity contribution in [2.45, 2.75) is 50.6 Å². The molecular formula is C31H28FN7O4. The highest BCUT2D eigenvalue weighted by atomic mass is 19.1. The summed E-state index contributed by atoms with van der Waals surface area (Å²) < 4.78 is 15.6. The van der Waals surface area contributed by atoms with Gasteiger partial charge in [-0.15, -0.1) is 0 Å². The lowest BCUT2D eigenvalue weighted by molar-refractivity contribution is -0.136. The van der Waals surface area contributed by atoms with Crippen LogP contribution in [0.15, 0.2) is 55.0 Å². The van der Waals surface area contributed by atoms with E-state index in [4.69, 9.17) is 0 Å². The Bertz CT molecular complexity index is 1800. The average molecular weight is 582 g/mol. The van der Waals surface area contributed by atoms with E-state index in [-0.39, 0.29) is 29.8 Å². The van der Waals surface area contributed by atoms with Gasteiger partial charge in [-0.25, -0.2) is 9.37 Å². The number of rotatable bonds is 8. The second kappa shape index (κ2) is 10.7. The number of anilines is 1. The minimum absolute atomic E-state index is 0.0884. The Labute approximate surface area is 245 Å². The number of halogens is 1. The van der Waals surface area contributed by atoms with Crippen LogP contribution >= 0.6 is 0 Å².